The molecule has 1 aliphatic carbocycles. The van der Waals surface area contributed by atoms with Crippen LogP contribution >= 0.6 is 15.6 Å². The number of unbranched alkanes of at least 4 members (excludes halogenated alkanes) is 1. The van der Waals surface area contributed by atoms with E-state index in [1.54, 1.807) is 6.20 Å². The van der Waals surface area contributed by atoms with E-state index in [1.807, 2.05) is 74.1 Å². The average molecular weight is 1140 g/mol. The van der Waals surface area contributed by atoms with E-state index < -0.39 is 70.7 Å². The lowest BCUT2D eigenvalue weighted by Crippen LogP contribution is -2.35. The SMILES string of the molecule is CN(C)c1ccc2c(-c3cc(C(=O)NCCNC(=O)OCCCn4cc(CCCCC(=O)OP(=O)(O)OP(=O)(O)OC[C@H]5O[C@@H](n6cnc7c(N)ncnc76)[C@@H](O)C5O)nn4)ccc3C(=O)O)c3ccc(=[N+](C)C)cc-3oc2c1. The number of fused-ring (bicyclic) bond motifs is 3. The molecule has 0 saturated carbocycles. The number of carboxylic acids is 1. The number of aryl methyl sites for hydroxylation is 2. The number of alkyl carbamates (subject to hydrolysis) is 1. The molecule has 3 aromatic heterocycles. The van der Waals surface area contributed by atoms with Crippen LogP contribution in [0.3, 0.4) is 0 Å². The number of rotatable bonds is 23. The number of hydrogen-bond acceptors (Lipinski definition) is 21. The maximum Gasteiger partial charge on any atom is 0.538 e. The van der Waals surface area contributed by atoms with E-state index in [4.69, 9.17) is 24.1 Å². The van der Waals surface area contributed by atoms with E-state index in [9.17, 15) is 53.4 Å². The zero-order valence-electron chi connectivity index (χ0n) is 42.9. The topological polar surface area (TPSA) is 393 Å². The molecule has 31 heteroatoms. The van der Waals surface area contributed by atoms with Crippen molar-refractivity contribution < 1.29 is 80.7 Å². The van der Waals surface area contributed by atoms with E-state index >= 15 is 0 Å². The van der Waals surface area contributed by atoms with Gasteiger partial charge in [-0.3, -0.25) is 28.3 Å². The predicted molar refractivity (Wildman–Crippen MR) is 279 cm³/mol. The Morgan fingerprint density at radius 2 is 1.70 bits per heavy atom. The second-order valence-corrected chi connectivity index (χ2v) is 21.4. The summed E-state index contributed by atoms with van der Waals surface area (Å²) < 4.78 is 60.3. The van der Waals surface area contributed by atoms with Gasteiger partial charge in [-0.15, -0.1) is 5.10 Å². The second kappa shape index (κ2) is 24.5. The summed E-state index contributed by atoms with van der Waals surface area (Å²) in [6.45, 7) is -0.503. The van der Waals surface area contributed by atoms with E-state index in [2.05, 4.69) is 44.7 Å². The molecule has 29 nitrogen and oxygen atoms in total. The monoisotopic (exact) mass is 1140 g/mol. The fourth-order valence-corrected chi connectivity index (χ4v) is 10.5. The first-order chi connectivity index (χ1) is 37.6. The first kappa shape index (κ1) is 57.5. The Labute approximate surface area is 448 Å². The van der Waals surface area contributed by atoms with Gasteiger partial charge in [0.2, 0.25) is 5.36 Å². The lowest BCUT2D eigenvalue weighted by Gasteiger charge is -2.19. The van der Waals surface area contributed by atoms with Gasteiger partial charge in [0.25, 0.3) is 5.91 Å². The molecule has 8 rings (SSSR count). The largest absolute Gasteiger partial charge is 0.538 e. The molecule has 420 valence electrons. The smallest absolute Gasteiger partial charge is 0.478 e. The van der Waals surface area contributed by atoms with Gasteiger partial charge in [0.1, 0.15) is 55.6 Å². The lowest BCUT2D eigenvalue weighted by molar-refractivity contribution is -0.135. The molecule has 3 unspecified atom stereocenters. The Morgan fingerprint density at radius 1 is 0.911 bits per heavy atom. The van der Waals surface area contributed by atoms with Crippen LogP contribution < -0.4 is 31.2 Å². The Morgan fingerprint density at radius 3 is 2.46 bits per heavy atom. The summed E-state index contributed by atoms with van der Waals surface area (Å²) in [6.07, 6.45) is -1.88. The molecule has 2 aliphatic heterocycles. The molecule has 2 aromatic carbocycles. The standard InChI is InChI=1S/C48H56N12O17P2/c1-57(2)29-11-14-32-35(21-29)74-36-22-30(58(3)4)12-15-33(36)39(32)34-20-27(10-13-31(34)47(65)66)45(64)50-16-17-51-48(67)72-19-7-18-59-23-28(55-56-59)8-5-6-9-38(61)76-79(70,71)77-78(68,69)73-24-37-41(62)42(63)46(75-37)60-26-54-40-43(49)52-25-53-44(40)60/h10-15,20-23,25-26,37,41-42,46,62-63H,5-9,16-19,24H2,1-4H3,(H6-,49,50,51,52,53,64,65,66,67,68,69,70,71)/p+1/t37-,41?,42+,46-/m1/s1. The fourth-order valence-electron chi connectivity index (χ4n) is 8.48. The molecule has 5 heterocycles. The highest BCUT2D eigenvalue weighted by Crippen LogP contribution is 2.61. The minimum atomic E-state index is -5.49. The van der Waals surface area contributed by atoms with Crippen molar-refractivity contribution in [2.75, 3.05) is 65.1 Å². The number of imidazole rings is 1. The molecule has 0 bridgehead atoms. The Hall–Kier alpha value is -7.72. The van der Waals surface area contributed by atoms with Crippen LogP contribution in [-0.4, -0.2) is 156 Å². The lowest BCUT2D eigenvalue weighted by atomic mass is 9.89. The number of phosphoric acid groups is 2. The van der Waals surface area contributed by atoms with Crippen molar-refractivity contribution in [3.63, 3.8) is 0 Å². The van der Waals surface area contributed by atoms with Crippen LogP contribution in [0.25, 0.3) is 44.6 Å². The highest BCUT2D eigenvalue weighted by molar-refractivity contribution is 7.61. The molecule has 1 saturated heterocycles. The molecule has 9 N–H and O–H groups in total. The third-order valence-electron chi connectivity index (χ3n) is 12.4. The average Bonchev–Trinajstić information content (AvgIpc) is 4.16. The summed E-state index contributed by atoms with van der Waals surface area (Å²) in [5.41, 5.74) is 9.84. The molecule has 3 aliphatic rings. The fraction of sp³-hybridized carbons (Fsp3) is 0.375. The maximum absolute atomic E-state index is 13.4. The summed E-state index contributed by atoms with van der Waals surface area (Å²) in [5, 5.41) is 46.4. The minimum absolute atomic E-state index is 0.00907. The molecule has 6 atom stereocenters. The van der Waals surface area contributed by atoms with Crippen LogP contribution in [0.5, 0.6) is 0 Å². The van der Waals surface area contributed by atoms with E-state index in [1.165, 1.54) is 33.8 Å². The van der Waals surface area contributed by atoms with Crippen LogP contribution in [0.4, 0.5) is 16.3 Å². The van der Waals surface area contributed by atoms with E-state index in [0.717, 1.165) is 17.4 Å². The number of ether oxygens (including phenoxy) is 2. The predicted octanol–water partition coefficient (Wildman–Crippen LogP) is 2.67. The number of carbonyl (C=O) groups is 4. The molecular weight excluding hydrogens is 1080 g/mol. The van der Waals surface area contributed by atoms with Crippen molar-refractivity contribution in [1.82, 2.24) is 49.7 Å². The zero-order chi connectivity index (χ0) is 56.8. The van der Waals surface area contributed by atoms with Crippen molar-refractivity contribution in [3.05, 3.63) is 95.6 Å². The summed E-state index contributed by atoms with van der Waals surface area (Å²) in [7, 11) is -3.30. The number of carbonyl (C=O) groups excluding carboxylic acids is 3. The number of aliphatic hydroxyl groups is 2. The highest BCUT2D eigenvalue weighted by Gasteiger charge is 2.46. The Bertz CT molecular complexity index is 3550. The second-order valence-electron chi connectivity index (χ2n) is 18.5. The van der Waals surface area contributed by atoms with Gasteiger partial charge in [0.05, 0.1) is 36.9 Å². The highest BCUT2D eigenvalue weighted by atomic mass is 31.3. The van der Waals surface area contributed by atoms with Gasteiger partial charge in [-0.1, -0.05) is 5.21 Å². The number of benzene rings is 3. The molecular formula is C48H57N12O17P2+. The quantitative estimate of drug-likeness (QED) is 0.0197. The molecule has 1 fully saturated rings. The van der Waals surface area contributed by atoms with Crippen molar-refractivity contribution in [3.8, 4) is 22.5 Å². The first-order valence-corrected chi connectivity index (χ1v) is 27.4. The number of aromatic carboxylic acids is 1. The summed E-state index contributed by atoms with van der Waals surface area (Å²) >= 11 is 0. The minimum Gasteiger partial charge on any atom is -0.478 e. The summed E-state index contributed by atoms with van der Waals surface area (Å²) in [5.74, 6) is -2.32. The Balaban J connectivity index is 0.725. The number of nitrogens with zero attached hydrogens (tertiary/aromatic N) is 9. The first-order valence-electron chi connectivity index (χ1n) is 24.4. The van der Waals surface area contributed by atoms with Gasteiger partial charge in [-0.25, -0.2) is 38.2 Å². The van der Waals surface area contributed by atoms with Crippen LogP contribution in [0.1, 0.15) is 58.3 Å². The van der Waals surface area contributed by atoms with Crippen molar-refractivity contribution >= 4 is 73.2 Å². The molecule has 0 spiro atoms. The van der Waals surface area contributed by atoms with Gasteiger partial charge in [-0.2, -0.15) is 4.31 Å². The number of anilines is 2. The summed E-state index contributed by atoms with van der Waals surface area (Å²) in [4.78, 5) is 84.8. The van der Waals surface area contributed by atoms with Gasteiger partial charge < -0.3 is 59.9 Å². The van der Waals surface area contributed by atoms with Crippen molar-refractivity contribution in [2.24, 2.45) is 0 Å². The molecule has 2 amide bonds. The van der Waals surface area contributed by atoms with E-state index in [0.29, 0.717) is 64.9 Å². The zero-order valence-corrected chi connectivity index (χ0v) is 44.7. The van der Waals surface area contributed by atoms with Gasteiger partial charge >= 0.3 is 33.7 Å². The number of aliphatic hydroxyl groups excluding tert-OH is 2. The number of carboxylic acid groups (broad SMARTS) is 1. The van der Waals surface area contributed by atoms with Gasteiger partial charge in [-0.05, 0) is 61.2 Å². The van der Waals surface area contributed by atoms with Gasteiger partial charge in [0, 0.05) is 92.7 Å². The normalized spacial score (nSPS) is 17.8. The number of nitrogens with one attached hydrogen (secondary N) is 2. The number of nitrogens with two attached hydrogens (primary N) is 1. The number of aromatic nitrogens is 7. The number of nitrogen functional groups attached to an aromatic ring is 1. The van der Waals surface area contributed by atoms with Crippen LogP contribution in [0.2, 0.25) is 0 Å². The maximum atomic E-state index is 13.4. The third-order valence-corrected chi connectivity index (χ3v) is 15.0. The molecule has 79 heavy (non-hydrogen) atoms. The van der Waals surface area contributed by atoms with Crippen LogP contribution in [-0.2, 0) is 49.7 Å². The molecule has 5 aromatic rings. The van der Waals surface area contributed by atoms with Gasteiger partial charge in [0.15, 0.2) is 17.7 Å². The van der Waals surface area contributed by atoms with Crippen molar-refractivity contribution in [2.45, 2.75) is 63.2 Å². The third kappa shape index (κ3) is 13.9. The molecule has 0 radical (unpaired) electrons. The summed E-state index contributed by atoms with van der Waals surface area (Å²) in [6, 6.07) is 15.6. The van der Waals surface area contributed by atoms with Crippen molar-refractivity contribution in [1.29, 1.82) is 0 Å². The Kier molecular flexibility index (Phi) is 17.8. The van der Waals surface area contributed by atoms with Crippen LogP contribution in [0, 0.1) is 0 Å². The van der Waals surface area contributed by atoms with E-state index in [-0.39, 0.29) is 60.6 Å². The van der Waals surface area contributed by atoms with Crippen LogP contribution in [0.15, 0.2) is 77.9 Å². The number of amides is 2. The number of hydrogen-bond donors (Lipinski definition) is 8. The number of phosphoric ester groups is 2.